The molecule has 1 saturated heterocycles. The fraction of sp³-hybridized carbons (Fsp3) is 0.583. The number of aromatic nitrogens is 1. The highest BCUT2D eigenvalue weighted by Gasteiger charge is 2.28. The Bertz CT molecular complexity index is 857. The first-order valence-electron chi connectivity index (χ1n) is 12.2. The third-order valence-corrected chi connectivity index (χ3v) is 5.11. The quantitative estimate of drug-likeness (QED) is 0.131. The predicted octanol–water partition coefficient (Wildman–Crippen LogP) is -1.14. The van der Waals surface area contributed by atoms with Crippen molar-refractivity contribution in [1.82, 2.24) is 25.8 Å². The van der Waals surface area contributed by atoms with Crippen LogP contribution in [0.1, 0.15) is 30.9 Å². The van der Waals surface area contributed by atoms with Crippen molar-refractivity contribution in [1.29, 1.82) is 0 Å². The number of carboxylic acids is 1. The highest BCUT2D eigenvalue weighted by atomic mass is 16.5. The average molecular weight is 540 g/mol. The molecule has 1 fully saturated rings. The summed E-state index contributed by atoms with van der Waals surface area (Å²) in [6, 6.07) is 4.17. The summed E-state index contributed by atoms with van der Waals surface area (Å²) in [7, 11) is 1.85. The number of rotatable bonds is 18. The van der Waals surface area contributed by atoms with E-state index in [1.165, 1.54) is 0 Å². The Labute approximate surface area is 221 Å². The molecule has 0 aliphatic carbocycles. The number of nitrogens with zero attached hydrogens (tertiary/aromatic N) is 2. The fourth-order valence-electron chi connectivity index (χ4n) is 3.22. The lowest BCUT2D eigenvalue weighted by Crippen LogP contribution is -2.32. The van der Waals surface area contributed by atoms with Crippen LogP contribution in [0.5, 0.6) is 0 Å². The Kier molecular flexibility index (Phi) is 17.4. The molecule has 1 aliphatic heterocycles. The summed E-state index contributed by atoms with van der Waals surface area (Å²) in [5, 5.41) is 15.8. The first-order chi connectivity index (χ1) is 18.3. The summed E-state index contributed by atoms with van der Waals surface area (Å²) in [5.74, 6) is -1.36. The lowest BCUT2D eigenvalue weighted by molar-refractivity contribution is -0.142. The van der Waals surface area contributed by atoms with E-state index in [4.69, 9.17) is 19.3 Å². The van der Waals surface area contributed by atoms with Crippen LogP contribution < -0.4 is 16.0 Å². The number of carbonyl (C=O) groups excluding carboxylic acids is 4. The number of nitrogens with one attached hydrogen (secondary N) is 3. The molecular weight excluding hydrogens is 502 g/mol. The number of aliphatic carboxylic acids is 1. The Hall–Kier alpha value is -3.62. The van der Waals surface area contributed by atoms with E-state index >= 15 is 0 Å². The Morgan fingerprint density at radius 1 is 1.05 bits per heavy atom. The molecule has 2 rings (SSSR count). The van der Waals surface area contributed by atoms with Crippen LogP contribution in [0.4, 0.5) is 0 Å². The number of pyridine rings is 1. The number of hydrogen-bond donors (Lipinski definition) is 4. The lowest BCUT2D eigenvalue weighted by Gasteiger charge is -2.19. The van der Waals surface area contributed by atoms with E-state index in [9.17, 15) is 24.0 Å². The van der Waals surface area contributed by atoms with E-state index in [1.807, 2.05) is 25.4 Å². The van der Waals surface area contributed by atoms with Gasteiger partial charge >= 0.3 is 5.97 Å². The van der Waals surface area contributed by atoms with Gasteiger partial charge in [-0.1, -0.05) is 6.07 Å². The predicted molar refractivity (Wildman–Crippen MR) is 134 cm³/mol. The highest BCUT2D eigenvalue weighted by molar-refractivity contribution is 5.78. The van der Waals surface area contributed by atoms with Crippen LogP contribution in [0, 0.1) is 0 Å². The van der Waals surface area contributed by atoms with Crippen molar-refractivity contribution in [2.75, 3.05) is 66.3 Å². The Morgan fingerprint density at radius 2 is 1.74 bits per heavy atom. The van der Waals surface area contributed by atoms with Gasteiger partial charge in [-0.15, -0.1) is 0 Å². The molecule has 38 heavy (non-hydrogen) atoms. The molecule has 1 aliphatic rings. The summed E-state index contributed by atoms with van der Waals surface area (Å²) >= 11 is 0. The second-order valence-electron chi connectivity index (χ2n) is 7.98. The van der Waals surface area contributed by atoms with Gasteiger partial charge < -0.3 is 40.2 Å². The Balaban J connectivity index is 0.000000457. The molecule has 0 radical (unpaired) electrons. The molecule has 0 saturated carbocycles. The van der Waals surface area contributed by atoms with Gasteiger partial charge in [0.2, 0.25) is 24.1 Å². The number of hydrogen-bond acceptors (Lipinski definition) is 9. The van der Waals surface area contributed by atoms with Crippen LogP contribution in [0.15, 0.2) is 24.5 Å². The minimum Gasteiger partial charge on any atom is -0.480 e. The molecule has 1 aromatic heterocycles. The zero-order chi connectivity index (χ0) is 28.0. The number of carboxylic acid groups (broad SMARTS) is 1. The van der Waals surface area contributed by atoms with Crippen molar-refractivity contribution in [2.24, 2.45) is 0 Å². The van der Waals surface area contributed by atoms with Gasteiger partial charge in [-0.3, -0.25) is 24.2 Å². The third-order valence-electron chi connectivity index (χ3n) is 5.11. The smallest absolute Gasteiger partial charge is 0.329 e. The molecule has 0 spiro atoms. The lowest BCUT2D eigenvalue weighted by atomic mass is 10.1. The molecule has 4 amide bonds. The molecule has 14 nitrogen and oxygen atoms in total. The summed E-state index contributed by atoms with van der Waals surface area (Å²) in [4.78, 5) is 59.9. The minimum absolute atomic E-state index is 0.109. The van der Waals surface area contributed by atoms with E-state index in [0.29, 0.717) is 26.0 Å². The zero-order valence-electron chi connectivity index (χ0n) is 21.6. The Morgan fingerprint density at radius 3 is 2.37 bits per heavy atom. The summed E-state index contributed by atoms with van der Waals surface area (Å²) in [5.41, 5.74) is 1.14. The van der Waals surface area contributed by atoms with Crippen molar-refractivity contribution in [3.05, 3.63) is 30.1 Å². The SMILES string of the molecule is CN1C(=O)CCC1c1cccnc1.O=CNCCC(=O)NCCOCCOCC(=O)NCCOCC(=O)O. The molecule has 1 atom stereocenters. The van der Waals surface area contributed by atoms with Crippen LogP contribution in [-0.2, 0) is 38.2 Å². The molecule has 1 aromatic rings. The van der Waals surface area contributed by atoms with E-state index < -0.39 is 12.6 Å². The largest absolute Gasteiger partial charge is 0.480 e. The van der Waals surface area contributed by atoms with Crippen LogP contribution in [-0.4, -0.2) is 111 Å². The fourth-order valence-corrected chi connectivity index (χ4v) is 3.22. The second-order valence-corrected chi connectivity index (χ2v) is 7.98. The van der Waals surface area contributed by atoms with Crippen LogP contribution >= 0.6 is 0 Å². The minimum atomic E-state index is -1.07. The zero-order valence-corrected chi connectivity index (χ0v) is 21.6. The van der Waals surface area contributed by atoms with Crippen molar-refractivity contribution in [3.63, 3.8) is 0 Å². The van der Waals surface area contributed by atoms with Crippen molar-refractivity contribution in [3.8, 4) is 0 Å². The highest BCUT2D eigenvalue weighted by Crippen LogP contribution is 2.30. The van der Waals surface area contributed by atoms with Gasteiger partial charge in [-0.05, 0) is 18.1 Å². The van der Waals surface area contributed by atoms with E-state index in [0.717, 1.165) is 12.0 Å². The summed E-state index contributed by atoms with van der Waals surface area (Å²) < 4.78 is 15.0. The molecular formula is C24H37N5O9. The van der Waals surface area contributed by atoms with Crippen molar-refractivity contribution in [2.45, 2.75) is 25.3 Å². The van der Waals surface area contributed by atoms with E-state index in [1.54, 1.807) is 11.1 Å². The van der Waals surface area contributed by atoms with Crippen LogP contribution in [0.2, 0.25) is 0 Å². The van der Waals surface area contributed by atoms with E-state index in [-0.39, 0.29) is 69.7 Å². The van der Waals surface area contributed by atoms with Crippen molar-refractivity contribution >= 4 is 30.1 Å². The van der Waals surface area contributed by atoms with Crippen LogP contribution in [0.25, 0.3) is 0 Å². The third kappa shape index (κ3) is 15.5. The van der Waals surface area contributed by atoms with Gasteiger partial charge in [-0.2, -0.15) is 0 Å². The van der Waals surface area contributed by atoms with Gasteiger partial charge in [0, 0.05) is 51.9 Å². The molecule has 2 heterocycles. The number of ether oxygens (including phenoxy) is 3. The average Bonchev–Trinajstić information content (AvgIpc) is 3.24. The van der Waals surface area contributed by atoms with Gasteiger partial charge in [0.1, 0.15) is 13.2 Å². The molecule has 1 unspecified atom stereocenters. The normalized spacial score (nSPS) is 14.3. The summed E-state index contributed by atoms with van der Waals surface area (Å²) in [6.07, 6.45) is 5.90. The number of carbonyl (C=O) groups is 5. The topological polar surface area (TPSA) is 185 Å². The van der Waals surface area contributed by atoms with Gasteiger partial charge in [0.25, 0.3) is 0 Å². The summed E-state index contributed by atoms with van der Waals surface area (Å²) in [6.45, 7) is 1.21. The standard InChI is InChI=1S/C14H25N3O8.C10H12N2O/c18-11-15-2-1-12(19)16-3-5-23-7-8-25-9-13(20)17-4-6-24-10-14(21)22;1-12-9(4-5-10(12)13)8-3-2-6-11-7-8/h11H,1-10H2,(H,15,18)(H,16,19)(H,17,20)(H,21,22);2-3,6-7,9H,4-5H2,1H3. The monoisotopic (exact) mass is 539 g/mol. The molecule has 0 bridgehead atoms. The molecule has 212 valence electrons. The van der Waals surface area contributed by atoms with Gasteiger partial charge in [0.05, 0.1) is 32.5 Å². The maximum Gasteiger partial charge on any atom is 0.329 e. The maximum absolute atomic E-state index is 11.3. The number of likely N-dealkylation sites (tertiary alicyclic amines) is 1. The van der Waals surface area contributed by atoms with Gasteiger partial charge in [0.15, 0.2) is 0 Å². The van der Waals surface area contributed by atoms with Crippen molar-refractivity contribution < 1.29 is 43.3 Å². The molecule has 14 heteroatoms. The number of amides is 4. The molecule has 4 N–H and O–H groups in total. The van der Waals surface area contributed by atoms with E-state index in [2.05, 4.69) is 20.9 Å². The first kappa shape index (κ1) is 32.4. The first-order valence-corrected chi connectivity index (χ1v) is 12.2. The second kappa shape index (κ2) is 20.4. The maximum atomic E-state index is 11.3. The molecule has 0 aromatic carbocycles. The van der Waals surface area contributed by atoms with Crippen LogP contribution in [0.3, 0.4) is 0 Å². The van der Waals surface area contributed by atoms with Gasteiger partial charge in [-0.25, -0.2) is 4.79 Å².